The molecular weight excluding hydrogens is 457 g/mol. The topological polar surface area (TPSA) is 78.8 Å². The Morgan fingerprint density at radius 3 is 1.94 bits per heavy atom. The summed E-state index contributed by atoms with van der Waals surface area (Å²) in [5.41, 5.74) is 4.84. The van der Waals surface area contributed by atoms with E-state index < -0.39 is 0 Å². The lowest BCUT2D eigenvalue weighted by atomic mass is 10.1. The normalized spacial score (nSPS) is 16.4. The molecule has 0 radical (unpaired) electrons. The summed E-state index contributed by atoms with van der Waals surface area (Å²) in [5.74, 6) is 2.40. The van der Waals surface area contributed by atoms with Crippen molar-refractivity contribution in [3.8, 4) is 5.75 Å². The van der Waals surface area contributed by atoms with Gasteiger partial charge in [-0.1, -0.05) is 12.1 Å². The molecule has 1 aromatic heterocycles. The highest BCUT2D eigenvalue weighted by Crippen LogP contribution is 2.22. The minimum absolute atomic E-state index is 0.251. The Morgan fingerprint density at radius 1 is 0.778 bits per heavy atom. The van der Waals surface area contributed by atoms with Gasteiger partial charge in [0.15, 0.2) is 0 Å². The van der Waals surface area contributed by atoms with Crippen molar-refractivity contribution in [3.63, 3.8) is 0 Å². The van der Waals surface area contributed by atoms with Crippen LogP contribution >= 0.6 is 0 Å². The molecule has 36 heavy (non-hydrogen) atoms. The third-order valence-corrected chi connectivity index (χ3v) is 6.47. The molecule has 3 heterocycles. The van der Waals surface area contributed by atoms with E-state index in [1.807, 2.05) is 24.3 Å². The number of ether oxygens (including phenoxy) is 1. The average Bonchev–Trinajstić information content (AvgIpc) is 2.94. The molecule has 0 bridgehead atoms. The van der Waals surface area contributed by atoms with Gasteiger partial charge in [0.25, 0.3) is 0 Å². The van der Waals surface area contributed by atoms with Gasteiger partial charge in [0, 0.05) is 26.2 Å². The van der Waals surface area contributed by atoms with Gasteiger partial charge in [-0.25, -0.2) is 9.82 Å². The van der Waals surface area contributed by atoms with Crippen molar-refractivity contribution in [2.45, 2.75) is 45.1 Å². The fourth-order valence-electron chi connectivity index (χ4n) is 4.44. The van der Waals surface area contributed by atoms with Crippen LogP contribution in [0.15, 0.2) is 53.6 Å². The van der Waals surface area contributed by atoms with Gasteiger partial charge in [0.1, 0.15) is 18.2 Å². The van der Waals surface area contributed by atoms with Crippen LogP contribution in [0.3, 0.4) is 0 Å². The van der Waals surface area contributed by atoms with Gasteiger partial charge in [-0.05, 0) is 86.1 Å². The fraction of sp³-hybridized carbons (Fsp3) is 0.407. The maximum atomic E-state index is 13.0. The SMILES string of the molecule is Fc1ccc(COc2ccc(/C=N\Nc3nc(N4CCCCC4)nc(N4CCCCC4)n3)cc2)cc1. The van der Waals surface area contributed by atoms with Crippen molar-refractivity contribution in [2.75, 3.05) is 41.4 Å². The van der Waals surface area contributed by atoms with Crippen LogP contribution in [0.5, 0.6) is 5.75 Å². The zero-order valence-electron chi connectivity index (χ0n) is 20.4. The van der Waals surface area contributed by atoms with Crippen LogP contribution in [0.25, 0.3) is 0 Å². The first-order valence-corrected chi connectivity index (χ1v) is 12.8. The predicted octanol–water partition coefficient (Wildman–Crippen LogP) is 5.02. The van der Waals surface area contributed by atoms with Gasteiger partial charge in [0.2, 0.25) is 17.8 Å². The summed E-state index contributed by atoms with van der Waals surface area (Å²) in [6.45, 7) is 4.28. The molecular formula is C27H32FN7O. The van der Waals surface area contributed by atoms with E-state index in [0.717, 1.165) is 80.6 Å². The number of nitrogens with zero attached hydrogens (tertiary/aromatic N) is 6. The van der Waals surface area contributed by atoms with Gasteiger partial charge in [0.05, 0.1) is 6.21 Å². The van der Waals surface area contributed by atoms with Crippen LogP contribution in [0.1, 0.15) is 49.7 Å². The molecule has 2 aromatic carbocycles. The predicted molar refractivity (Wildman–Crippen MR) is 140 cm³/mol. The Hall–Kier alpha value is -3.75. The van der Waals surface area contributed by atoms with Crippen LogP contribution in [0.2, 0.25) is 0 Å². The number of halogens is 1. The average molecular weight is 490 g/mol. The molecule has 0 amide bonds. The number of hydrogen-bond acceptors (Lipinski definition) is 8. The largest absolute Gasteiger partial charge is 0.489 e. The Morgan fingerprint density at radius 2 is 1.36 bits per heavy atom. The van der Waals surface area contributed by atoms with Gasteiger partial charge >= 0.3 is 0 Å². The lowest BCUT2D eigenvalue weighted by Crippen LogP contribution is -2.34. The van der Waals surface area contributed by atoms with E-state index in [1.54, 1.807) is 18.3 Å². The number of nitrogens with one attached hydrogen (secondary N) is 1. The zero-order chi connectivity index (χ0) is 24.6. The molecule has 0 unspecified atom stereocenters. The molecule has 2 fully saturated rings. The molecule has 2 aliphatic heterocycles. The van der Waals surface area contributed by atoms with Gasteiger partial charge < -0.3 is 14.5 Å². The molecule has 188 valence electrons. The number of anilines is 3. The van der Waals surface area contributed by atoms with Gasteiger partial charge in [-0.2, -0.15) is 20.1 Å². The second-order valence-electron chi connectivity index (χ2n) is 9.21. The van der Waals surface area contributed by atoms with Crippen molar-refractivity contribution < 1.29 is 9.13 Å². The van der Waals surface area contributed by atoms with E-state index in [1.165, 1.54) is 25.0 Å². The lowest BCUT2D eigenvalue weighted by Gasteiger charge is -2.30. The molecule has 1 N–H and O–H groups in total. The minimum atomic E-state index is -0.251. The fourth-order valence-corrected chi connectivity index (χ4v) is 4.44. The Balaban J connectivity index is 1.23. The molecule has 0 saturated carbocycles. The van der Waals surface area contributed by atoms with Crippen LogP contribution < -0.4 is 20.0 Å². The van der Waals surface area contributed by atoms with Crippen molar-refractivity contribution in [3.05, 3.63) is 65.5 Å². The number of aromatic nitrogens is 3. The highest BCUT2D eigenvalue weighted by Gasteiger charge is 2.20. The lowest BCUT2D eigenvalue weighted by molar-refractivity contribution is 0.306. The third-order valence-electron chi connectivity index (χ3n) is 6.47. The number of piperidine rings is 2. The standard InChI is InChI=1S/C27H32FN7O/c28-23-11-7-22(8-12-23)20-36-24-13-9-21(10-14-24)19-29-33-25-30-26(34-15-3-1-4-16-34)32-27(31-25)35-17-5-2-6-18-35/h7-14,19H,1-6,15-18,20H2,(H,30,31,32,33)/b29-19-. The van der Waals surface area contributed by atoms with E-state index in [-0.39, 0.29) is 5.82 Å². The van der Waals surface area contributed by atoms with Crippen LogP contribution in [0, 0.1) is 5.82 Å². The van der Waals surface area contributed by atoms with E-state index in [2.05, 4.69) is 30.3 Å². The van der Waals surface area contributed by atoms with Crippen molar-refractivity contribution >= 4 is 24.1 Å². The van der Waals surface area contributed by atoms with E-state index in [0.29, 0.717) is 12.6 Å². The Labute approximate surface area is 211 Å². The second-order valence-corrected chi connectivity index (χ2v) is 9.21. The summed E-state index contributed by atoms with van der Waals surface area (Å²) in [6, 6.07) is 13.9. The number of hydrogen-bond donors (Lipinski definition) is 1. The molecule has 0 aliphatic carbocycles. The third kappa shape index (κ3) is 6.47. The minimum Gasteiger partial charge on any atom is -0.489 e. The summed E-state index contributed by atoms with van der Waals surface area (Å²) in [6.07, 6.45) is 8.89. The van der Waals surface area contributed by atoms with Crippen molar-refractivity contribution in [2.24, 2.45) is 5.10 Å². The summed E-state index contributed by atoms with van der Waals surface area (Å²) >= 11 is 0. The molecule has 0 atom stereocenters. The smallest absolute Gasteiger partial charge is 0.250 e. The summed E-state index contributed by atoms with van der Waals surface area (Å²) < 4.78 is 18.8. The van der Waals surface area contributed by atoms with Gasteiger partial charge in [-0.15, -0.1) is 0 Å². The number of benzene rings is 2. The molecule has 2 saturated heterocycles. The number of rotatable bonds is 8. The Bertz CT molecular complexity index is 1110. The summed E-state index contributed by atoms with van der Waals surface area (Å²) in [5, 5.41) is 4.37. The zero-order valence-corrected chi connectivity index (χ0v) is 20.4. The first kappa shape index (κ1) is 24.0. The molecule has 0 spiro atoms. The first-order chi connectivity index (χ1) is 17.7. The quantitative estimate of drug-likeness (QED) is 0.352. The molecule has 3 aromatic rings. The Kier molecular flexibility index (Phi) is 7.85. The highest BCUT2D eigenvalue weighted by atomic mass is 19.1. The summed E-state index contributed by atoms with van der Waals surface area (Å²) in [4.78, 5) is 18.6. The van der Waals surface area contributed by atoms with E-state index in [9.17, 15) is 4.39 Å². The molecule has 2 aliphatic rings. The highest BCUT2D eigenvalue weighted by molar-refractivity contribution is 5.80. The van der Waals surface area contributed by atoms with Crippen LogP contribution in [0.4, 0.5) is 22.2 Å². The van der Waals surface area contributed by atoms with Crippen LogP contribution in [-0.4, -0.2) is 47.3 Å². The number of hydrazone groups is 1. The monoisotopic (exact) mass is 489 g/mol. The van der Waals surface area contributed by atoms with E-state index in [4.69, 9.17) is 9.72 Å². The van der Waals surface area contributed by atoms with Gasteiger partial charge in [-0.3, -0.25) is 0 Å². The van der Waals surface area contributed by atoms with E-state index >= 15 is 0 Å². The molecule has 5 rings (SSSR count). The van der Waals surface area contributed by atoms with Crippen LogP contribution in [-0.2, 0) is 6.61 Å². The van der Waals surface area contributed by atoms with Crippen molar-refractivity contribution in [1.82, 2.24) is 15.0 Å². The molecule has 9 heteroatoms. The molecule has 8 nitrogen and oxygen atoms in total. The summed E-state index contributed by atoms with van der Waals surface area (Å²) in [7, 11) is 0. The second kappa shape index (κ2) is 11.8. The first-order valence-electron chi connectivity index (χ1n) is 12.8. The maximum absolute atomic E-state index is 13.0. The van der Waals surface area contributed by atoms with Crippen molar-refractivity contribution in [1.29, 1.82) is 0 Å². The maximum Gasteiger partial charge on any atom is 0.250 e.